The van der Waals surface area contributed by atoms with E-state index in [9.17, 15) is 0 Å². The first-order valence-electron chi connectivity index (χ1n) is 6.64. The molecule has 0 bridgehead atoms. The molecule has 0 spiro atoms. The maximum absolute atomic E-state index is 5.45. The normalized spacial score (nSPS) is 15.8. The second kappa shape index (κ2) is 6.77. The van der Waals surface area contributed by atoms with Crippen molar-refractivity contribution in [1.29, 1.82) is 0 Å². The topological polar surface area (TPSA) is 38.0 Å². The molecule has 1 fully saturated rings. The second-order valence-electron chi connectivity index (χ2n) is 4.64. The molecule has 0 atom stereocenters. The molecule has 0 aliphatic carbocycles. The van der Waals surface area contributed by atoms with E-state index in [2.05, 4.69) is 53.9 Å². The Hall–Kier alpha value is -1.11. The van der Waals surface area contributed by atoms with Gasteiger partial charge in [-0.2, -0.15) is 0 Å². The first-order valence-corrected chi connectivity index (χ1v) is 8.22. The van der Waals surface area contributed by atoms with Gasteiger partial charge in [0.2, 0.25) is 0 Å². The third-order valence-corrected chi connectivity index (χ3v) is 4.94. The first kappa shape index (κ1) is 14.8. The van der Waals surface area contributed by atoms with E-state index in [1.807, 2.05) is 18.2 Å². The number of morpholine rings is 1. The molecule has 0 N–H and O–H groups in total. The zero-order chi connectivity index (χ0) is 14.7. The van der Waals surface area contributed by atoms with Gasteiger partial charge < -0.3 is 14.1 Å². The SMILES string of the molecule is Brc1cc(C=Nc2ccc(N3CCOCC3)cc2)oc1Br. The fraction of sp³-hybridized carbons (Fsp3) is 0.267. The van der Waals surface area contributed by atoms with Gasteiger partial charge in [0.15, 0.2) is 4.67 Å². The largest absolute Gasteiger partial charge is 0.447 e. The summed E-state index contributed by atoms with van der Waals surface area (Å²) in [5.74, 6) is 0.700. The van der Waals surface area contributed by atoms with Crippen LogP contribution in [0.5, 0.6) is 0 Å². The summed E-state index contributed by atoms with van der Waals surface area (Å²) in [7, 11) is 0. The lowest BCUT2D eigenvalue weighted by atomic mass is 10.2. The summed E-state index contributed by atoms with van der Waals surface area (Å²) in [4.78, 5) is 6.73. The summed E-state index contributed by atoms with van der Waals surface area (Å²) in [6, 6.07) is 10.1. The Morgan fingerprint density at radius 2 is 1.81 bits per heavy atom. The van der Waals surface area contributed by atoms with Crippen LogP contribution in [0.2, 0.25) is 0 Å². The number of hydrogen-bond donors (Lipinski definition) is 0. The molecule has 1 aliphatic heterocycles. The fourth-order valence-corrected chi connectivity index (χ4v) is 2.74. The summed E-state index contributed by atoms with van der Waals surface area (Å²) >= 11 is 6.68. The highest BCUT2D eigenvalue weighted by Gasteiger charge is 2.10. The zero-order valence-electron chi connectivity index (χ0n) is 11.3. The molecule has 0 amide bonds. The van der Waals surface area contributed by atoms with E-state index >= 15 is 0 Å². The van der Waals surface area contributed by atoms with Crippen LogP contribution in [0.3, 0.4) is 0 Å². The molecule has 0 unspecified atom stereocenters. The molecule has 110 valence electrons. The maximum atomic E-state index is 5.45. The monoisotopic (exact) mass is 412 g/mol. The number of aliphatic imine (C=N–C) groups is 1. The lowest BCUT2D eigenvalue weighted by Crippen LogP contribution is -2.36. The van der Waals surface area contributed by atoms with Gasteiger partial charge in [-0.05, 0) is 56.1 Å². The van der Waals surface area contributed by atoms with Crippen LogP contribution in [0.25, 0.3) is 0 Å². The van der Waals surface area contributed by atoms with Gasteiger partial charge in [0.05, 0.1) is 29.6 Å². The van der Waals surface area contributed by atoms with Gasteiger partial charge in [0.25, 0.3) is 0 Å². The van der Waals surface area contributed by atoms with E-state index in [0.717, 1.165) is 36.5 Å². The Bertz CT molecular complexity index is 612. The molecule has 21 heavy (non-hydrogen) atoms. The zero-order valence-corrected chi connectivity index (χ0v) is 14.4. The molecular formula is C15H14Br2N2O2. The van der Waals surface area contributed by atoms with Gasteiger partial charge in [-0.1, -0.05) is 0 Å². The molecule has 1 saturated heterocycles. The van der Waals surface area contributed by atoms with Crippen molar-refractivity contribution in [1.82, 2.24) is 0 Å². The average molecular weight is 414 g/mol. The number of anilines is 1. The van der Waals surface area contributed by atoms with Gasteiger partial charge in [0.1, 0.15) is 5.76 Å². The summed E-state index contributed by atoms with van der Waals surface area (Å²) in [5, 5.41) is 0. The number of nitrogens with zero attached hydrogens (tertiary/aromatic N) is 2. The molecule has 2 aromatic rings. The summed E-state index contributed by atoms with van der Waals surface area (Å²) in [6.07, 6.45) is 1.71. The van der Waals surface area contributed by atoms with Crippen LogP contribution in [0.4, 0.5) is 11.4 Å². The maximum Gasteiger partial charge on any atom is 0.184 e. The summed E-state index contributed by atoms with van der Waals surface area (Å²) in [6.45, 7) is 3.47. The van der Waals surface area contributed by atoms with Crippen LogP contribution in [-0.2, 0) is 4.74 Å². The van der Waals surface area contributed by atoms with Gasteiger partial charge in [-0.25, -0.2) is 0 Å². The highest BCUT2D eigenvalue weighted by molar-refractivity contribution is 9.13. The van der Waals surface area contributed by atoms with Crippen molar-refractivity contribution in [2.75, 3.05) is 31.2 Å². The predicted molar refractivity (Wildman–Crippen MR) is 90.8 cm³/mol. The molecule has 2 heterocycles. The Labute approximate surface area is 140 Å². The van der Waals surface area contributed by atoms with Crippen molar-refractivity contribution in [3.05, 3.63) is 45.2 Å². The minimum atomic E-state index is 0.673. The van der Waals surface area contributed by atoms with Gasteiger partial charge in [-0.3, -0.25) is 4.99 Å². The van der Waals surface area contributed by atoms with E-state index in [0.29, 0.717) is 10.4 Å². The van der Waals surface area contributed by atoms with E-state index in [-0.39, 0.29) is 0 Å². The molecule has 1 aliphatic rings. The molecule has 1 aromatic heterocycles. The Morgan fingerprint density at radius 1 is 1.10 bits per heavy atom. The van der Waals surface area contributed by atoms with E-state index in [4.69, 9.17) is 9.15 Å². The summed E-state index contributed by atoms with van der Waals surface area (Å²) in [5.41, 5.74) is 2.11. The van der Waals surface area contributed by atoms with Crippen LogP contribution in [-0.4, -0.2) is 32.5 Å². The van der Waals surface area contributed by atoms with Crippen molar-refractivity contribution in [3.63, 3.8) is 0 Å². The van der Waals surface area contributed by atoms with Crippen molar-refractivity contribution in [2.24, 2.45) is 4.99 Å². The molecule has 3 rings (SSSR count). The quantitative estimate of drug-likeness (QED) is 0.700. The number of rotatable bonds is 3. The average Bonchev–Trinajstić information content (AvgIpc) is 2.85. The lowest BCUT2D eigenvalue weighted by Gasteiger charge is -2.28. The number of benzene rings is 1. The van der Waals surface area contributed by atoms with E-state index < -0.39 is 0 Å². The van der Waals surface area contributed by atoms with Gasteiger partial charge in [0, 0.05) is 24.8 Å². The van der Waals surface area contributed by atoms with Crippen LogP contribution in [0.1, 0.15) is 5.76 Å². The van der Waals surface area contributed by atoms with Crippen LogP contribution in [0, 0.1) is 0 Å². The molecule has 0 radical (unpaired) electrons. The Balaban J connectivity index is 1.69. The number of hydrogen-bond acceptors (Lipinski definition) is 4. The molecule has 0 saturated carbocycles. The first-order chi connectivity index (χ1) is 10.2. The van der Waals surface area contributed by atoms with Crippen molar-refractivity contribution >= 4 is 49.4 Å². The molecule has 4 nitrogen and oxygen atoms in total. The Kier molecular flexibility index (Phi) is 4.77. The third-order valence-electron chi connectivity index (χ3n) is 3.23. The highest BCUT2D eigenvalue weighted by Crippen LogP contribution is 2.26. The summed E-state index contributed by atoms with van der Waals surface area (Å²) < 4.78 is 12.4. The van der Waals surface area contributed by atoms with Crippen molar-refractivity contribution < 1.29 is 9.15 Å². The number of furan rings is 1. The Morgan fingerprint density at radius 3 is 2.43 bits per heavy atom. The predicted octanol–water partition coefficient (Wildman–Crippen LogP) is 4.39. The number of halogens is 2. The molecular weight excluding hydrogens is 400 g/mol. The minimum Gasteiger partial charge on any atom is -0.447 e. The van der Waals surface area contributed by atoms with E-state index in [1.54, 1.807) is 6.21 Å². The van der Waals surface area contributed by atoms with Crippen molar-refractivity contribution in [3.8, 4) is 0 Å². The van der Waals surface area contributed by atoms with E-state index in [1.165, 1.54) is 5.69 Å². The molecule has 1 aromatic carbocycles. The van der Waals surface area contributed by atoms with Crippen LogP contribution < -0.4 is 4.90 Å². The highest BCUT2D eigenvalue weighted by atomic mass is 79.9. The minimum absolute atomic E-state index is 0.673. The van der Waals surface area contributed by atoms with Crippen LogP contribution in [0.15, 0.2) is 48.9 Å². The van der Waals surface area contributed by atoms with Gasteiger partial charge in [-0.15, -0.1) is 0 Å². The second-order valence-corrected chi connectivity index (χ2v) is 6.22. The third kappa shape index (κ3) is 3.75. The van der Waals surface area contributed by atoms with Gasteiger partial charge >= 0.3 is 0 Å². The fourth-order valence-electron chi connectivity index (χ4n) is 2.14. The molecule has 6 heteroatoms. The lowest BCUT2D eigenvalue weighted by molar-refractivity contribution is 0.122. The smallest absolute Gasteiger partial charge is 0.184 e. The van der Waals surface area contributed by atoms with Crippen LogP contribution >= 0.6 is 31.9 Å². The number of ether oxygens (including phenoxy) is 1. The van der Waals surface area contributed by atoms with Crippen molar-refractivity contribution in [2.45, 2.75) is 0 Å². The standard InChI is InChI=1S/C15H14Br2N2O2/c16-14-9-13(21-15(14)17)10-18-11-1-3-12(4-2-11)19-5-7-20-8-6-19/h1-4,9-10H,5-8H2.